The lowest BCUT2D eigenvalue weighted by molar-refractivity contribution is 0.280. The summed E-state index contributed by atoms with van der Waals surface area (Å²) >= 11 is 1.74. The molecule has 0 fully saturated rings. The van der Waals surface area contributed by atoms with Crippen LogP contribution in [-0.2, 0) is 6.54 Å². The molecule has 17 heavy (non-hydrogen) atoms. The molecule has 1 aromatic heterocycles. The van der Waals surface area contributed by atoms with Crippen molar-refractivity contribution in [2.75, 3.05) is 26.2 Å². The van der Waals surface area contributed by atoms with Gasteiger partial charge in [0.15, 0.2) is 0 Å². The second-order valence-electron chi connectivity index (χ2n) is 3.93. The molecule has 2 aromatic rings. The van der Waals surface area contributed by atoms with E-state index >= 15 is 0 Å². The minimum absolute atomic E-state index is 0.658. The molecule has 0 saturated heterocycles. The second-order valence-corrected chi connectivity index (χ2v) is 5.04. The Morgan fingerprint density at radius 3 is 2.47 bits per heavy atom. The molecule has 0 saturated carbocycles. The number of aromatic nitrogens is 1. The summed E-state index contributed by atoms with van der Waals surface area (Å²) < 4.78 is 1.24. The normalized spacial score (nSPS) is 11.5. The molecule has 5 heteroatoms. The fourth-order valence-corrected chi connectivity index (χ4v) is 2.82. The molecule has 4 nitrogen and oxygen atoms in total. The zero-order valence-electron chi connectivity index (χ0n) is 9.80. The van der Waals surface area contributed by atoms with E-state index in [1.54, 1.807) is 11.3 Å². The number of fused-ring (bicyclic) bond motifs is 1. The molecule has 0 bridgehead atoms. The van der Waals surface area contributed by atoms with E-state index in [0.29, 0.717) is 13.1 Å². The van der Waals surface area contributed by atoms with Crippen LogP contribution in [0.25, 0.3) is 10.2 Å². The van der Waals surface area contributed by atoms with Crippen LogP contribution in [0.15, 0.2) is 24.3 Å². The molecule has 0 spiro atoms. The Morgan fingerprint density at radius 2 is 1.82 bits per heavy atom. The first kappa shape index (κ1) is 12.4. The summed E-state index contributed by atoms with van der Waals surface area (Å²) in [5, 5.41) is 1.13. The van der Waals surface area contributed by atoms with Crippen molar-refractivity contribution in [1.29, 1.82) is 0 Å². The average Bonchev–Trinajstić information content (AvgIpc) is 2.71. The molecule has 0 atom stereocenters. The number of nitrogens with zero attached hydrogens (tertiary/aromatic N) is 2. The number of thiazole rings is 1. The van der Waals surface area contributed by atoms with Crippen LogP contribution in [-0.4, -0.2) is 36.1 Å². The molecular weight excluding hydrogens is 232 g/mol. The van der Waals surface area contributed by atoms with Crippen molar-refractivity contribution in [3.8, 4) is 0 Å². The van der Waals surface area contributed by atoms with E-state index in [1.165, 1.54) is 4.70 Å². The fraction of sp³-hybridized carbons (Fsp3) is 0.417. The van der Waals surface area contributed by atoms with Gasteiger partial charge < -0.3 is 11.5 Å². The highest BCUT2D eigenvalue weighted by molar-refractivity contribution is 7.18. The molecule has 2 rings (SSSR count). The van der Waals surface area contributed by atoms with Gasteiger partial charge in [0.05, 0.1) is 16.8 Å². The smallest absolute Gasteiger partial charge is 0.108 e. The summed E-state index contributed by atoms with van der Waals surface area (Å²) in [4.78, 5) is 6.86. The van der Waals surface area contributed by atoms with Crippen LogP contribution in [0.2, 0.25) is 0 Å². The van der Waals surface area contributed by atoms with Crippen LogP contribution < -0.4 is 11.5 Å². The van der Waals surface area contributed by atoms with Crippen LogP contribution in [0.3, 0.4) is 0 Å². The minimum Gasteiger partial charge on any atom is -0.329 e. The summed E-state index contributed by atoms with van der Waals surface area (Å²) in [7, 11) is 0. The van der Waals surface area contributed by atoms with Gasteiger partial charge in [-0.2, -0.15) is 0 Å². The van der Waals surface area contributed by atoms with Crippen molar-refractivity contribution < 1.29 is 0 Å². The van der Waals surface area contributed by atoms with Crippen LogP contribution >= 0.6 is 11.3 Å². The monoisotopic (exact) mass is 250 g/mol. The van der Waals surface area contributed by atoms with E-state index in [9.17, 15) is 0 Å². The van der Waals surface area contributed by atoms with Gasteiger partial charge in [0, 0.05) is 26.2 Å². The summed E-state index contributed by atoms with van der Waals surface area (Å²) in [6.07, 6.45) is 0. The molecule has 0 radical (unpaired) electrons. The van der Waals surface area contributed by atoms with E-state index in [-0.39, 0.29) is 0 Å². The minimum atomic E-state index is 0.658. The Kier molecular flexibility index (Phi) is 4.44. The Bertz CT molecular complexity index is 429. The summed E-state index contributed by atoms with van der Waals surface area (Å²) in [5.74, 6) is 0. The lowest BCUT2D eigenvalue weighted by atomic mass is 10.3. The van der Waals surface area contributed by atoms with Crippen LogP contribution in [0.1, 0.15) is 5.01 Å². The predicted octanol–water partition coefficient (Wildman–Crippen LogP) is 1.02. The highest BCUT2D eigenvalue weighted by atomic mass is 32.1. The van der Waals surface area contributed by atoms with Gasteiger partial charge in [0.25, 0.3) is 0 Å². The molecule has 0 unspecified atom stereocenters. The number of rotatable bonds is 6. The number of para-hydroxylation sites is 1. The van der Waals surface area contributed by atoms with Gasteiger partial charge in [-0.25, -0.2) is 4.98 Å². The van der Waals surface area contributed by atoms with Gasteiger partial charge >= 0.3 is 0 Å². The lowest BCUT2D eigenvalue weighted by Crippen LogP contribution is -2.33. The quantitative estimate of drug-likeness (QED) is 0.803. The van der Waals surface area contributed by atoms with Crippen molar-refractivity contribution in [2.24, 2.45) is 11.5 Å². The predicted molar refractivity (Wildman–Crippen MR) is 73.0 cm³/mol. The number of nitrogens with two attached hydrogens (primary N) is 2. The van der Waals surface area contributed by atoms with Crippen molar-refractivity contribution in [2.45, 2.75) is 6.54 Å². The highest BCUT2D eigenvalue weighted by Crippen LogP contribution is 2.22. The molecule has 1 aromatic carbocycles. The first-order valence-electron chi connectivity index (χ1n) is 5.80. The van der Waals surface area contributed by atoms with Gasteiger partial charge in [0.2, 0.25) is 0 Å². The second kappa shape index (κ2) is 6.07. The first-order valence-corrected chi connectivity index (χ1v) is 6.62. The number of hydrogen-bond acceptors (Lipinski definition) is 5. The summed E-state index contributed by atoms with van der Waals surface area (Å²) in [6, 6.07) is 8.21. The zero-order chi connectivity index (χ0) is 12.1. The molecular formula is C12H18N4S. The largest absolute Gasteiger partial charge is 0.329 e. The van der Waals surface area contributed by atoms with Crippen molar-refractivity contribution in [3.63, 3.8) is 0 Å². The van der Waals surface area contributed by atoms with Crippen LogP contribution in [0.4, 0.5) is 0 Å². The van der Waals surface area contributed by atoms with Gasteiger partial charge in [-0.05, 0) is 12.1 Å². The van der Waals surface area contributed by atoms with Crippen LogP contribution in [0, 0.1) is 0 Å². The summed E-state index contributed by atoms with van der Waals surface area (Å²) in [6.45, 7) is 3.89. The highest BCUT2D eigenvalue weighted by Gasteiger charge is 2.08. The van der Waals surface area contributed by atoms with E-state index < -0.39 is 0 Å². The topological polar surface area (TPSA) is 68.2 Å². The Hall–Kier alpha value is -1.01. The van der Waals surface area contributed by atoms with Crippen molar-refractivity contribution in [3.05, 3.63) is 29.3 Å². The van der Waals surface area contributed by atoms with Crippen molar-refractivity contribution >= 4 is 21.6 Å². The SMILES string of the molecule is NCCN(CCN)Cc1nc2ccccc2s1. The Morgan fingerprint density at radius 1 is 1.12 bits per heavy atom. The van der Waals surface area contributed by atoms with Crippen molar-refractivity contribution in [1.82, 2.24) is 9.88 Å². The Labute approximate surface area is 105 Å². The Balaban J connectivity index is 2.10. The van der Waals surface area contributed by atoms with Gasteiger partial charge in [-0.15, -0.1) is 11.3 Å². The van der Waals surface area contributed by atoms with E-state index in [4.69, 9.17) is 11.5 Å². The zero-order valence-corrected chi connectivity index (χ0v) is 10.6. The molecule has 0 aliphatic heterocycles. The number of benzene rings is 1. The lowest BCUT2D eigenvalue weighted by Gasteiger charge is -2.18. The maximum Gasteiger partial charge on any atom is 0.108 e. The van der Waals surface area contributed by atoms with Gasteiger partial charge in [-0.1, -0.05) is 12.1 Å². The third-order valence-corrected chi connectivity index (χ3v) is 3.61. The van der Waals surface area contributed by atoms with Gasteiger partial charge in [0.1, 0.15) is 5.01 Å². The number of hydrogen-bond donors (Lipinski definition) is 2. The molecule has 1 heterocycles. The van der Waals surface area contributed by atoms with Gasteiger partial charge in [-0.3, -0.25) is 4.90 Å². The maximum absolute atomic E-state index is 5.59. The van der Waals surface area contributed by atoms with E-state index in [2.05, 4.69) is 16.0 Å². The average molecular weight is 250 g/mol. The standard InChI is InChI=1S/C12H18N4S/c13-5-7-16(8-6-14)9-12-15-10-3-1-2-4-11(10)17-12/h1-4H,5-9,13-14H2. The molecule has 0 aliphatic carbocycles. The first-order chi connectivity index (χ1) is 8.33. The summed E-state index contributed by atoms with van der Waals surface area (Å²) in [5.41, 5.74) is 12.3. The molecule has 0 amide bonds. The maximum atomic E-state index is 5.59. The third kappa shape index (κ3) is 3.23. The third-order valence-electron chi connectivity index (χ3n) is 2.59. The van der Waals surface area contributed by atoms with Crippen LogP contribution in [0.5, 0.6) is 0 Å². The van der Waals surface area contributed by atoms with E-state index in [0.717, 1.165) is 30.2 Å². The molecule has 0 aliphatic rings. The molecule has 4 N–H and O–H groups in total. The van der Waals surface area contributed by atoms with E-state index in [1.807, 2.05) is 18.2 Å². The molecule has 92 valence electrons. The fourth-order valence-electron chi connectivity index (χ4n) is 1.81.